The van der Waals surface area contributed by atoms with Crippen LogP contribution in [0.15, 0.2) is 158 Å². The van der Waals surface area contributed by atoms with Crippen LogP contribution in [0.25, 0.3) is 66.2 Å². The summed E-state index contributed by atoms with van der Waals surface area (Å²) in [6, 6.07) is 63.9. The summed E-state index contributed by atoms with van der Waals surface area (Å²) in [7, 11) is 2.17. The quantitative estimate of drug-likeness (QED) is 0.165. The van der Waals surface area contributed by atoms with Crippen LogP contribution in [0.4, 0.5) is 17.1 Å². The van der Waals surface area contributed by atoms with Crippen LogP contribution >= 0.6 is 0 Å². The molecule has 0 unspecified atom stereocenters. The molecule has 1 spiro atoms. The predicted molar refractivity (Wildman–Crippen MR) is 324 cm³/mol. The van der Waals surface area contributed by atoms with Gasteiger partial charge in [0, 0.05) is 77.5 Å². The molecule has 7 heteroatoms. The summed E-state index contributed by atoms with van der Waals surface area (Å²) < 4.78 is 11.7. The fourth-order valence-corrected chi connectivity index (χ4v) is 13.4. The van der Waals surface area contributed by atoms with Gasteiger partial charge in [0.05, 0.1) is 11.0 Å². The second kappa shape index (κ2) is 17.3. The monoisotopic (exact) mass is 1210 g/mol. The Balaban J connectivity index is 0.00000591. The summed E-state index contributed by atoms with van der Waals surface area (Å²) in [6.07, 6.45) is 1.86. The Kier molecular flexibility index (Phi) is 11.2. The molecule has 0 saturated carbocycles. The van der Waals surface area contributed by atoms with Crippen LogP contribution < -0.4 is 14.5 Å². The van der Waals surface area contributed by atoms with E-state index >= 15 is 0 Å². The molecule has 14 rings (SSSR count). The molecule has 0 N–H and O–H groups in total. The Bertz CT molecular complexity index is 4200. The largest absolute Gasteiger partial charge is 0.509 e. The van der Waals surface area contributed by atoms with Crippen LogP contribution in [-0.4, -0.2) is 21.2 Å². The molecule has 0 atom stereocenters. The molecule has 2 aliphatic heterocycles. The van der Waals surface area contributed by atoms with Gasteiger partial charge in [0.15, 0.2) is 0 Å². The van der Waals surface area contributed by atoms with Crippen LogP contribution in [-0.2, 0) is 48.1 Å². The molecule has 79 heavy (non-hydrogen) atoms. The van der Waals surface area contributed by atoms with Gasteiger partial charge in [0.2, 0.25) is 0 Å². The molecule has 11 aromatic rings. The first-order valence-electron chi connectivity index (χ1n) is 27.7. The van der Waals surface area contributed by atoms with Crippen LogP contribution in [0.5, 0.6) is 11.5 Å². The van der Waals surface area contributed by atoms with Gasteiger partial charge in [-0.1, -0.05) is 179 Å². The number of ether oxygens (including phenoxy) is 1. The molecule has 3 aliphatic rings. The molecule has 0 saturated heterocycles. The van der Waals surface area contributed by atoms with Crippen molar-refractivity contribution in [2.75, 3.05) is 16.8 Å². The number of aromatic nitrogens is 3. The first kappa shape index (κ1) is 51.1. The number of fused-ring (bicyclic) bond motifs is 15. The van der Waals surface area contributed by atoms with Gasteiger partial charge in [-0.3, -0.25) is 0 Å². The SMILES string of the molecule is CN1[CH-]N2c3[c-]c(Oc4[c-]c5c(cc4)c4ccc(-n6c7ccccc7c7ccccc76)cc4n5-c4ccccn4)ccc3C3(c4cccc1c42)c1c(cc(C(C)(C)C)cc1C(C)(C)C)-c1cc(C(C)(C)C)cc(C(C)(C)C)c13.[Pt]. The standard InChI is InChI=1S/C72H66N5O.Pt/c1-68(2,3)43-35-52-53-36-44(69(4,5)6)38-57(71(10,11)12)66(53)72(65(52)56(37-43)70(7,8)9)54-33-30-47(41-63(54)75-42-74(13)60-26-20-23-55(72)67(60)75)78-46-29-32-51-50-31-28-45(39-61(50)77(62(51)40-46)64-27-18-19-34-73-64)76-58-24-16-14-21-48(58)49-22-15-17-25-59(49)76;/h14-39,42H,1-13H3;/q-3;. The Morgan fingerprint density at radius 1 is 0.506 bits per heavy atom. The van der Waals surface area contributed by atoms with Crippen molar-refractivity contribution in [2.24, 2.45) is 0 Å². The van der Waals surface area contributed by atoms with Crippen molar-refractivity contribution in [3.63, 3.8) is 0 Å². The summed E-state index contributed by atoms with van der Waals surface area (Å²) in [5.74, 6) is 2.03. The number of nitrogens with zero attached hydrogens (tertiary/aromatic N) is 5. The van der Waals surface area contributed by atoms with E-state index in [1.54, 1.807) is 0 Å². The van der Waals surface area contributed by atoms with Gasteiger partial charge in [-0.15, -0.1) is 35.2 Å². The van der Waals surface area contributed by atoms with Crippen molar-refractivity contribution < 1.29 is 25.8 Å². The maximum Gasteiger partial charge on any atom is 0.135 e. The minimum absolute atomic E-state index is 0. The van der Waals surface area contributed by atoms with Crippen molar-refractivity contribution in [2.45, 2.75) is 110 Å². The fraction of sp³-hybridized carbons (Fsp3) is 0.250. The molecule has 0 amide bonds. The molecule has 0 radical (unpaired) electrons. The minimum atomic E-state index is -0.694. The van der Waals surface area contributed by atoms with E-state index in [0.717, 1.165) is 39.0 Å². The van der Waals surface area contributed by atoms with Gasteiger partial charge >= 0.3 is 0 Å². The third-order valence-electron chi connectivity index (χ3n) is 17.1. The number of rotatable bonds is 4. The molecule has 1 aliphatic carbocycles. The number of para-hydroxylation sites is 3. The maximum atomic E-state index is 7.09. The van der Waals surface area contributed by atoms with Crippen LogP contribution in [0.3, 0.4) is 0 Å². The predicted octanol–water partition coefficient (Wildman–Crippen LogP) is 18.2. The zero-order valence-electron chi connectivity index (χ0n) is 47.5. The smallest absolute Gasteiger partial charge is 0.135 e. The Hall–Kier alpha value is -7.40. The Labute approximate surface area is 479 Å². The van der Waals surface area contributed by atoms with Gasteiger partial charge in [0.1, 0.15) is 5.82 Å². The number of anilines is 3. The molecule has 5 heterocycles. The van der Waals surface area contributed by atoms with Gasteiger partial charge in [-0.05, 0) is 127 Å². The normalized spacial score (nSPS) is 14.5. The van der Waals surface area contributed by atoms with E-state index < -0.39 is 5.41 Å². The summed E-state index contributed by atoms with van der Waals surface area (Å²) in [5.41, 5.74) is 20.8. The third-order valence-corrected chi connectivity index (χ3v) is 17.1. The van der Waals surface area contributed by atoms with Gasteiger partial charge in [-0.25, -0.2) is 4.98 Å². The molecule has 3 aromatic heterocycles. The van der Waals surface area contributed by atoms with E-state index in [2.05, 4.69) is 267 Å². The minimum Gasteiger partial charge on any atom is -0.509 e. The molecule has 8 aromatic carbocycles. The second-order valence-corrected chi connectivity index (χ2v) is 26.3. The second-order valence-electron chi connectivity index (χ2n) is 26.3. The van der Waals surface area contributed by atoms with Gasteiger partial charge < -0.3 is 23.7 Å². The van der Waals surface area contributed by atoms with E-state index in [-0.39, 0.29) is 42.7 Å². The van der Waals surface area contributed by atoms with E-state index in [1.807, 2.05) is 18.3 Å². The van der Waals surface area contributed by atoms with Crippen LogP contribution in [0.1, 0.15) is 128 Å². The van der Waals surface area contributed by atoms with E-state index in [9.17, 15) is 0 Å². The topological polar surface area (TPSA) is 38.5 Å². The summed E-state index contributed by atoms with van der Waals surface area (Å²) in [4.78, 5) is 9.58. The zero-order valence-corrected chi connectivity index (χ0v) is 49.8. The molecule has 6 nitrogen and oxygen atoms in total. The van der Waals surface area contributed by atoms with E-state index in [0.29, 0.717) is 11.5 Å². The third kappa shape index (κ3) is 7.42. The molecule has 0 fully saturated rings. The Morgan fingerprint density at radius 2 is 1.08 bits per heavy atom. The first-order valence-corrected chi connectivity index (χ1v) is 27.7. The van der Waals surface area contributed by atoms with E-state index in [1.165, 1.54) is 88.8 Å². The van der Waals surface area contributed by atoms with Crippen molar-refractivity contribution in [1.29, 1.82) is 0 Å². The number of benzene rings is 8. The number of pyridine rings is 1. The van der Waals surface area contributed by atoms with Gasteiger partial charge in [-0.2, -0.15) is 18.8 Å². The summed E-state index contributed by atoms with van der Waals surface area (Å²) in [5, 5.41) is 4.64. The average Bonchev–Trinajstić information content (AvgIpc) is 3.07. The number of hydrogen-bond donors (Lipinski definition) is 0. The van der Waals surface area contributed by atoms with Gasteiger partial charge in [0.25, 0.3) is 0 Å². The zero-order chi connectivity index (χ0) is 54.2. The summed E-state index contributed by atoms with van der Waals surface area (Å²) >= 11 is 0. The fourth-order valence-electron chi connectivity index (χ4n) is 13.4. The maximum absolute atomic E-state index is 7.09. The van der Waals surface area contributed by atoms with Crippen LogP contribution in [0, 0.1) is 18.8 Å². The molecular weight excluding hydrogens is 1150 g/mol. The van der Waals surface area contributed by atoms with Crippen molar-refractivity contribution >= 4 is 60.7 Å². The first-order chi connectivity index (χ1) is 37.1. The molecule has 398 valence electrons. The van der Waals surface area contributed by atoms with Crippen molar-refractivity contribution in [1.82, 2.24) is 14.1 Å². The molecule has 0 bridgehead atoms. The number of hydrogen-bond acceptors (Lipinski definition) is 4. The Morgan fingerprint density at radius 3 is 1.67 bits per heavy atom. The van der Waals surface area contributed by atoms with Crippen molar-refractivity contribution in [3.8, 4) is 34.1 Å². The molecular formula is C72H66N5OPt-3. The van der Waals surface area contributed by atoms with Crippen molar-refractivity contribution in [3.05, 3.63) is 221 Å². The van der Waals surface area contributed by atoms with Crippen LogP contribution in [0.2, 0.25) is 0 Å². The summed E-state index contributed by atoms with van der Waals surface area (Å²) in [6.45, 7) is 30.8. The van der Waals surface area contributed by atoms with E-state index in [4.69, 9.17) is 9.72 Å². The average molecular weight is 1210 g/mol.